The highest BCUT2D eigenvalue weighted by Gasteiger charge is 2.34. The summed E-state index contributed by atoms with van der Waals surface area (Å²) >= 11 is 0. The number of hydrogen-bond acceptors (Lipinski definition) is 5. The zero-order valence-corrected chi connectivity index (χ0v) is 18.1. The first-order valence-electron chi connectivity index (χ1n) is 10.6. The van der Waals surface area contributed by atoms with E-state index < -0.39 is 11.2 Å². The van der Waals surface area contributed by atoms with Crippen molar-refractivity contribution in [3.05, 3.63) is 62.6 Å². The van der Waals surface area contributed by atoms with E-state index in [0.717, 1.165) is 10.1 Å². The number of carbonyl (C=O) groups excluding carboxylic acids is 2. The summed E-state index contributed by atoms with van der Waals surface area (Å²) < 4.78 is 2.37. The number of nitrogens with one attached hydrogen (secondary N) is 2. The molecule has 2 N–H and O–H groups in total. The van der Waals surface area contributed by atoms with Crippen LogP contribution in [0.4, 0.5) is 0 Å². The number of aromatic nitrogens is 4. The maximum Gasteiger partial charge on any atom is 0.332 e. The normalized spacial score (nSPS) is 16.1. The van der Waals surface area contributed by atoms with Crippen molar-refractivity contribution in [1.82, 2.24) is 29.3 Å². The molecule has 3 heterocycles. The first-order valence-corrected chi connectivity index (χ1v) is 10.6. The number of imidazole rings is 1. The minimum Gasteiger partial charge on any atom is -0.356 e. The number of fused-ring (bicyclic) bond motifs is 1. The predicted octanol–water partition coefficient (Wildman–Crippen LogP) is 0.0578. The van der Waals surface area contributed by atoms with Gasteiger partial charge in [-0.15, -0.1) is 0 Å². The van der Waals surface area contributed by atoms with Crippen LogP contribution in [0.2, 0.25) is 0 Å². The third kappa shape index (κ3) is 4.20. The maximum absolute atomic E-state index is 12.5. The summed E-state index contributed by atoms with van der Waals surface area (Å²) in [7, 11) is 2.99. The molecule has 2 amide bonds. The molecule has 1 atom stereocenters. The number of nitrogens with zero attached hydrogens (tertiary/aromatic N) is 4. The van der Waals surface area contributed by atoms with Crippen molar-refractivity contribution in [1.29, 1.82) is 0 Å². The molecule has 0 spiro atoms. The Morgan fingerprint density at radius 3 is 2.66 bits per heavy atom. The van der Waals surface area contributed by atoms with Crippen molar-refractivity contribution in [2.24, 2.45) is 20.0 Å². The van der Waals surface area contributed by atoms with Gasteiger partial charge in [-0.1, -0.05) is 30.3 Å². The largest absolute Gasteiger partial charge is 0.356 e. The Morgan fingerprint density at radius 2 is 1.91 bits per heavy atom. The average molecular weight is 438 g/mol. The van der Waals surface area contributed by atoms with E-state index in [1.165, 1.54) is 11.6 Å². The molecule has 10 heteroatoms. The maximum atomic E-state index is 12.5. The lowest BCUT2D eigenvalue weighted by Gasteiger charge is -2.16. The van der Waals surface area contributed by atoms with E-state index in [1.807, 2.05) is 30.3 Å². The smallest absolute Gasteiger partial charge is 0.332 e. The van der Waals surface area contributed by atoms with Gasteiger partial charge in [0.1, 0.15) is 11.3 Å². The van der Waals surface area contributed by atoms with Gasteiger partial charge in [0.05, 0.1) is 5.92 Å². The Kier molecular flexibility index (Phi) is 5.93. The molecule has 4 rings (SSSR count). The molecular formula is C22H26N6O4. The molecule has 1 unspecified atom stereocenters. The lowest BCUT2D eigenvalue weighted by Crippen LogP contribution is -2.36. The molecule has 2 aromatic heterocycles. The number of amides is 2. The number of H-pyrrole nitrogens is 1. The molecule has 1 aliphatic rings. The van der Waals surface area contributed by atoms with E-state index in [0.29, 0.717) is 43.9 Å². The Hall–Kier alpha value is -3.69. The molecule has 0 saturated carbocycles. The summed E-state index contributed by atoms with van der Waals surface area (Å²) in [5.41, 5.74) is 0.804. The van der Waals surface area contributed by atoms with E-state index in [2.05, 4.69) is 15.3 Å². The molecule has 0 radical (unpaired) electrons. The van der Waals surface area contributed by atoms with Crippen molar-refractivity contribution < 1.29 is 9.59 Å². The molecule has 10 nitrogen and oxygen atoms in total. The van der Waals surface area contributed by atoms with Crippen molar-refractivity contribution in [3.63, 3.8) is 0 Å². The van der Waals surface area contributed by atoms with Gasteiger partial charge in [-0.3, -0.25) is 23.5 Å². The summed E-state index contributed by atoms with van der Waals surface area (Å²) in [6.07, 6.45) is 1.34. The second-order valence-electron chi connectivity index (χ2n) is 8.14. The van der Waals surface area contributed by atoms with Gasteiger partial charge >= 0.3 is 5.69 Å². The van der Waals surface area contributed by atoms with Crippen molar-refractivity contribution in [3.8, 4) is 0 Å². The highest BCUT2D eigenvalue weighted by Crippen LogP contribution is 2.20. The van der Waals surface area contributed by atoms with Gasteiger partial charge in [-0.25, -0.2) is 9.78 Å². The second-order valence-corrected chi connectivity index (χ2v) is 8.14. The van der Waals surface area contributed by atoms with E-state index in [4.69, 9.17) is 0 Å². The molecule has 0 bridgehead atoms. The third-order valence-electron chi connectivity index (χ3n) is 5.83. The van der Waals surface area contributed by atoms with Crippen LogP contribution >= 0.6 is 0 Å². The molecule has 1 aliphatic heterocycles. The number of hydrogen-bond donors (Lipinski definition) is 2. The van der Waals surface area contributed by atoms with Gasteiger partial charge in [-0.05, 0) is 12.0 Å². The van der Waals surface area contributed by atoms with Gasteiger partial charge < -0.3 is 15.2 Å². The fourth-order valence-corrected chi connectivity index (χ4v) is 4.01. The molecule has 0 aliphatic carbocycles. The summed E-state index contributed by atoms with van der Waals surface area (Å²) in [6.45, 7) is 1.36. The van der Waals surface area contributed by atoms with E-state index in [-0.39, 0.29) is 29.7 Å². The monoisotopic (exact) mass is 438 g/mol. The quantitative estimate of drug-likeness (QED) is 0.505. The van der Waals surface area contributed by atoms with Crippen molar-refractivity contribution >= 4 is 23.0 Å². The first kappa shape index (κ1) is 21.5. The Balaban J connectivity index is 1.29. The zero-order valence-electron chi connectivity index (χ0n) is 18.1. The molecular weight excluding hydrogens is 412 g/mol. The van der Waals surface area contributed by atoms with E-state index >= 15 is 0 Å². The van der Waals surface area contributed by atoms with E-state index in [1.54, 1.807) is 11.9 Å². The van der Waals surface area contributed by atoms with Crippen molar-refractivity contribution in [2.75, 3.05) is 13.1 Å². The minimum atomic E-state index is -0.430. The van der Waals surface area contributed by atoms with Crippen LogP contribution in [-0.4, -0.2) is 48.9 Å². The lowest BCUT2D eigenvalue weighted by atomic mass is 10.1. The second kappa shape index (κ2) is 8.81. The van der Waals surface area contributed by atoms with Crippen LogP contribution < -0.4 is 16.6 Å². The number of carbonyl (C=O) groups is 2. The predicted molar refractivity (Wildman–Crippen MR) is 118 cm³/mol. The summed E-state index contributed by atoms with van der Waals surface area (Å²) in [5.74, 6) is 0.0887. The molecule has 3 aromatic rings. The van der Waals surface area contributed by atoms with Gasteiger partial charge in [0.25, 0.3) is 5.56 Å². The number of benzene rings is 1. The minimum absolute atomic E-state index is 0.0107. The highest BCUT2D eigenvalue weighted by atomic mass is 16.2. The number of rotatable bonds is 7. The molecule has 32 heavy (non-hydrogen) atoms. The summed E-state index contributed by atoms with van der Waals surface area (Å²) in [5, 5.41) is 2.89. The first-order chi connectivity index (χ1) is 15.3. The van der Waals surface area contributed by atoms with Crippen LogP contribution in [0.1, 0.15) is 24.2 Å². The van der Waals surface area contributed by atoms with Crippen LogP contribution in [-0.2, 0) is 36.6 Å². The molecule has 1 aromatic carbocycles. The van der Waals surface area contributed by atoms with Gasteiger partial charge in [0.15, 0.2) is 5.65 Å². The average Bonchev–Trinajstić information content (AvgIpc) is 3.38. The van der Waals surface area contributed by atoms with Crippen LogP contribution in [0.3, 0.4) is 0 Å². The number of likely N-dealkylation sites (tertiary alicyclic amines) is 1. The molecule has 168 valence electrons. The molecule has 1 saturated heterocycles. The van der Waals surface area contributed by atoms with Gasteiger partial charge in [-0.2, -0.15) is 0 Å². The van der Waals surface area contributed by atoms with Crippen molar-refractivity contribution in [2.45, 2.75) is 25.8 Å². The van der Waals surface area contributed by atoms with Gasteiger partial charge in [0, 0.05) is 46.6 Å². The molecule has 1 fully saturated rings. The van der Waals surface area contributed by atoms with Crippen LogP contribution in [0, 0.1) is 5.92 Å². The van der Waals surface area contributed by atoms with Crippen LogP contribution in [0.25, 0.3) is 11.2 Å². The SMILES string of the molecule is Cn1c(=O)c2[nH]c(CCCNC(=O)C3CC(=O)N(Cc4ccccc4)C3)nc2n(C)c1=O. The lowest BCUT2D eigenvalue weighted by molar-refractivity contribution is -0.129. The Labute approximate surface area is 183 Å². The van der Waals surface area contributed by atoms with Crippen LogP contribution in [0.15, 0.2) is 39.9 Å². The number of aryl methyl sites for hydroxylation is 2. The standard InChI is InChI=1S/C22H26N6O4/c1-26-19-18(21(31)27(2)22(26)32)24-16(25-19)9-6-10-23-20(30)15-11-17(29)28(13-15)12-14-7-4-3-5-8-14/h3-5,7-8,15H,6,9-13H2,1-2H3,(H,23,30)(H,24,25). The Bertz CT molecular complexity index is 1270. The summed E-state index contributed by atoms with van der Waals surface area (Å²) in [6, 6.07) is 9.72. The van der Waals surface area contributed by atoms with Gasteiger partial charge in [0.2, 0.25) is 11.8 Å². The highest BCUT2D eigenvalue weighted by molar-refractivity contribution is 5.89. The summed E-state index contributed by atoms with van der Waals surface area (Å²) in [4.78, 5) is 58.1. The number of aromatic amines is 1. The fraction of sp³-hybridized carbons (Fsp3) is 0.409. The van der Waals surface area contributed by atoms with Crippen LogP contribution in [0.5, 0.6) is 0 Å². The zero-order chi connectivity index (χ0) is 22.8. The van der Waals surface area contributed by atoms with E-state index in [9.17, 15) is 19.2 Å². The third-order valence-corrected chi connectivity index (χ3v) is 5.83. The topological polar surface area (TPSA) is 122 Å². The Morgan fingerprint density at radius 1 is 1.16 bits per heavy atom. The fourth-order valence-electron chi connectivity index (χ4n) is 4.01.